The summed E-state index contributed by atoms with van der Waals surface area (Å²) in [6.45, 7) is 6.34. The lowest BCUT2D eigenvalue weighted by Gasteiger charge is -2.29. The molecule has 1 fully saturated rings. The van der Waals surface area contributed by atoms with Crippen LogP contribution < -0.4 is 5.32 Å². The Bertz CT molecular complexity index is 378. The predicted octanol–water partition coefficient (Wildman–Crippen LogP) is 2.88. The van der Waals surface area contributed by atoms with Crippen molar-refractivity contribution in [3.05, 3.63) is 35.4 Å². The van der Waals surface area contributed by atoms with Crippen LogP contribution >= 0.6 is 0 Å². The number of carbonyl (C=O) groups is 1. The molecule has 2 rings (SSSR count). The lowest BCUT2D eigenvalue weighted by Crippen LogP contribution is -2.29. The predicted molar refractivity (Wildman–Crippen MR) is 80.7 cm³/mol. The van der Waals surface area contributed by atoms with E-state index in [-0.39, 0.29) is 5.91 Å². The SMILES string of the molecule is CC.CNC(=O)c1ccc(C2CCN(C)CC2)cc1. The molecule has 106 valence electrons. The Balaban J connectivity index is 0.000000861. The smallest absolute Gasteiger partial charge is 0.251 e. The average molecular weight is 262 g/mol. The second kappa shape index (κ2) is 7.95. The number of piperidine rings is 1. The molecular weight excluding hydrogens is 236 g/mol. The molecule has 0 unspecified atom stereocenters. The molecule has 19 heavy (non-hydrogen) atoms. The Morgan fingerprint density at radius 1 is 1.16 bits per heavy atom. The molecule has 1 aromatic carbocycles. The van der Waals surface area contributed by atoms with Crippen molar-refractivity contribution < 1.29 is 4.79 Å². The quantitative estimate of drug-likeness (QED) is 0.889. The highest BCUT2D eigenvalue weighted by Crippen LogP contribution is 2.27. The van der Waals surface area contributed by atoms with Gasteiger partial charge in [-0.25, -0.2) is 0 Å². The van der Waals surface area contributed by atoms with Gasteiger partial charge >= 0.3 is 0 Å². The van der Waals surface area contributed by atoms with Crippen LogP contribution in [0.5, 0.6) is 0 Å². The van der Waals surface area contributed by atoms with E-state index in [0.29, 0.717) is 5.92 Å². The van der Waals surface area contributed by atoms with Crippen LogP contribution in [0, 0.1) is 0 Å². The molecule has 1 N–H and O–H groups in total. The summed E-state index contributed by atoms with van der Waals surface area (Å²) < 4.78 is 0. The number of nitrogens with zero attached hydrogens (tertiary/aromatic N) is 1. The van der Waals surface area contributed by atoms with E-state index in [1.165, 1.54) is 31.5 Å². The molecule has 0 saturated carbocycles. The molecule has 3 heteroatoms. The number of nitrogens with one attached hydrogen (secondary N) is 1. The molecule has 0 aromatic heterocycles. The molecule has 1 aliphatic rings. The maximum Gasteiger partial charge on any atom is 0.251 e. The van der Waals surface area contributed by atoms with Crippen LogP contribution in [0.25, 0.3) is 0 Å². The molecule has 1 aliphatic heterocycles. The van der Waals surface area contributed by atoms with Gasteiger partial charge in [-0.2, -0.15) is 0 Å². The first-order valence-corrected chi connectivity index (χ1v) is 7.21. The maximum atomic E-state index is 11.4. The zero-order valence-electron chi connectivity index (χ0n) is 12.6. The van der Waals surface area contributed by atoms with Gasteiger partial charge in [0.2, 0.25) is 0 Å². The van der Waals surface area contributed by atoms with Crippen LogP contribution in [0.3, 0.4) is 0 Å². The number of amides is 1. The molecule has 1 amide bonds. The fraction of sp³-hybridized carbons (Fsp3) is 0.562. The molecule has 0 spiro atoms. The second-order valence-corrected chi connectivity index (χ2v) is 4.78. The maximum absolute atomic E-state index is 11.4. The molecule has 3 nitrogen and oxygen atoms in total. The molecule has 1 saturated heterocycles. The topological polar surface area (TPSA) is 32.3 Å². The minimum Gasteiger partial charge on any atom is -0.355 e. The summed E-state index contributed by atoms with van der Waals surface area (Å²) in [5.74, 6) is 0.643. The minimum atomic E-state index is -0.0140. The highest BCUT2D eigenvalue weighted by atomic mass is 16.1. The van der Waals surface area contributed by atoms with Crippen molar-refractivity contribution in [1.82, 2.24) is 10.2 Å². The Labute approximate surface area is 117 Å². The lowest BCUT2D eigenvalue weighted by atomic mass is 9.89. The third kappa shape index (κ3) is 4.35. The number of hydrogen-bond acceptors (Lipinski definition) is 2. The minimum absolute atomic E-state index is 0.0140. The molecule has 1 aromatic rings. The van der Waals surface area contributed by atoms with Crippen molar-refractivity contribution in [2.75, 3.05) is 27.2 Å². The Morgan fingerprint density at radius 3 is 2.16 bits per heavy atom. The third-order valence-corrected chi connectivity index (χ3v) is 3.59. The van der Waals surface area contributed by atoms with Crippen molar-refractivity contribution in [2.45, 2.75) is 32.6 Å². The summed E-state index contributed by atoms with van der Waals surface area (Å²) in [4.78, 5) is 13.8. The largest absolute Gasteiger partial charge is 0.355 e. The molecular formula is C16H26N2O. The van der Waals surface area contributed by atoms with Crippen LogP contribution in [0.1, 0.15) is 48.5 Å². The van der Waals surface area contributed by atoms with Gasteiger partial charge in [-0.3, -0.25) is 4.79 Å². The molecule has 0 bridgehead atoms. The van der Waals surface area contributed by atoms with Crippen LogP contribution in [-0.4, -0.2) is 38.0 Å². The van der Waals surface area contributed by atoms with Crippen molar-refractivity contribution in [2.24, 2.45) is 0 Å². The van der Waals surface area contributed by atoms with Gasteiger partial charge in [0, 0.05) is 12.6 Å². The summed E-state index contributed by atoms with van der Waals surface area (Å²) in [5.41, 5.74) is 2.11. The van der Waals surface area contributed by atoms with Gasteiger partial charge in [0.1, 0.15) is 0 Å². The van der Waals surface area contributed by atoms with Gasteiger partial charge in [-0.05, 0) is 56.6 Å². The van der Waals surface area contributed by atoms with E-state index in [4.69, 9.17) is 0 Å². The first-order valence-electron chi connectivity index (χ1n) is 7.21. The Hall–Kier alpha value is -1.35. The van der Waals surface area contributed by atoms with Gasteiger partial charge in [-0.1, -0.05) is 26.0 Å². The average Bonchev–Trinajstić information content (AvgIpc) is 2.49. The van der Waals surface area contributed by atoms with Gasteiger partial charge in [-0.15, -0.1) is 0 Å². The molecule has 0 aliphatic carbocycles. The van der Waals surface area contributed by atoms with Crippen LogP contribution in [0.4, 0.5) is 0 Å². The van der Waals surface area contributed by atoms with Gasteiger partial charge in [0.25, 0.3) is 5.91 Å². The molecule has 0 radical (unpaired) electrons. The van der Waals surface area contributed by atoms with Crippen LogP contribution in [0.2, 0.25) is 0 Å². The molecule has 0 atom stereocenters. The van der Waals surface area contributed by atoms with E-state index >= 15 is 0 Å². The fourth-order valence-electron chi connectivity index (χ4n) is 2.39. The van der Waals surface area contributed by atoms with E-state index in [0.717, 1.165) is 5.56 Å². The fourth-order valence-corrected chi connectivity index (χ4v) is 2.39. The first kappa shape index (κ1) is 15.7. The normalized spacial score (nSPS) is 16.4. The Morgan fingerprint density at radius 2 is 1.68 bits per heavy atom. The van der Waals surface area contributed by atoms with E-state index < -0.39 is 0 Å². The van der Waals surface area contributed by atoms with E-state index in [2.05, 4.69) is 29.4 Å². The summed E-state index contributed by atoms with van der Waals surface area (Å²) in [6, 6.07) is 8.04. The lowest BCUT2D eigenvalue weighted by molar-refractivity contribution is 0.0963. The second-order valence-electron chi connectivity index (χ2n) is 4.78. The number of likely N-dealkylation sites (tertiary alicyclic amines) is 1. The zero-order valence-corrected chi connectivity index (χ0v) is 12.6. The number of hydrogen-bond donors (Lipinski definition) is 1. The Kier molecular flexibility index (Phi) is 6.57. The highest BCUT2D eigenvalue weighted by molar-refractivity contribution is 5.93. The summed E-state index contributed by atoms with van der Waals surface area (Å²) in [6.07, 6.45) is 2.44. The zero-order chi connectivity index (χ0) is 14.3. The summed E-state index contributed by atoms with van der Waals surface area (Å²) in [7, 11) is 3.83. The summed E-state index contributed by atoms with van der Waals surface area (Å²) in [5, 5.41) is 2.64. The highest BCUT2D eigenvalue weighted by Gasteiger charge is 2.18. The monoisotopic (exact) mass is 262 g/mol. The van der Waals surface area contributed by atoms with E-state index in [9.17, 15) is 4.79 Å². The van der Waals surface area contributed by atoms with Crippen molar-refractivity contribution in [3.63, 3.8) is 0 Å². The van der Waals surface area contributed by atoms with Gasteiger partial charge in [0.05, 0.1) is 0 Å². The standard InChI is InChI=1S/C14H20N2O.C2H6/c1-15-14(17)13-5-3-11(4-6-13)12-7-9-16(2)10-8-12;1-2/h3-6,12H,7-10H2,1-2H3,(H,15,17);1-2H3. The van der Waals surface area contributed by atoms with Crippen molar-refractivity contribution in [3.8, 4) is 0 Å². The summed E-state index contributed by atoms with van der Waals surface area (Å²) >= 11 is 0. The number of benzene rings is 1. The van der Waals surface area contributed by atoms with Gasteiger partial charge < -0.3 is 10.2 Å². The van der Waals surface area contributed by atoms with Crippen LogP contribution in [-0.2, 0) is 0 Å². The van der Waals surface area contributed by atoms with Gasteiger partial charge in [0.15, 0.2) is 0 Å². The van der Waals surface area contributed by atoms with E-state index in [1.807, 2.05) is 26.0 Å². The van der Waals surface area contributed by atoms with E-state index in [1.54, 1.807) is 7.05 Å². The number of carbonyl (C=O) groups excluding carboxylic acids is 1. The molecule has 1 heterocycles. The van der Waals surface area contributed by atoms with Crippen molar-refractivity contribution >= 4 is 5.91 Å². The van der Waals surface area contributed by atoms with Crippen molar-refractivity contribution in [1.29, 1.82) is 0 Å². The first-order chi connectivity index (χ1) is 9.20. The third-order valence-electron chi connectivity index (χ3n) is 3.59. The van der Waals surface area contributed by atoms with Crippen LogP contribution in [0.15, 0.2) is 24.3 Å². The number of rotatable bonds is 2.